The molecule has 0 radical (unpaired) electrons. The first kappa shape index (κ1) is 17.2. The molecule has 2 rings (SSSR count). The maximum absolute atomic E-state index is 11.7. The van der Waals surface area contributed by atoms with E-state index in [2.05, 4.69) is 32.2 Å². The van der Waals surface area contributed by atoms with E-state index in [0.717, 1.165) is 44.5 Å². The standard InChI is InChI=1S/C16H23N5O2/c1-21(8-2-3-10-22)9-4-6-17-11-14-15-13(5-7-18-14)16(23)20-12-19-15/h5,7,10,12,17H,2-4,6,8-9,11H2,1H3,(H,19,20,23). The fourth-order valence-electron chi connectivity index (χ4n) is 2.42. The van der Waals surface area contributed by atoms with Crippen molar-refractivity contribution in [3.05, 3.63) is 34.6 Å². The molecule has 2 aromatic heterocycles. The summed E-state index contributed by atoms with van der Waals surface area (Å²) in [7, 11) is 2.06. The van der Waals surface area contributed by atoms with Crippen LogP contribution in [0.3, 0.4) is 0 Å². The number of hydrogen-bond acceptors (Lipinski definition) is 6. The molecule has 0 atom stereocenters. The van der Waals surface area contributed by atoms with Gasteiger partial charge in [0.05, 0.1) is 17.4 Å². The number of unbranched alkanes of at least 4 members (excludes halogenated alkanes) is 1. The minimum Gasteiger partial charge on any atom is -0.313 e. The Morgan fingerprint density at radius 1 is 1.30 bits per heavy atom. The van der Waals surface area contributed by atoms with E-state index in [-0.39, 0.29) is 5.56 Å². The zero-order valence-corrected chi connectivity index (χ0v) is 13.4. The summed E-state index contributed by atoms with van der Waals surface area (Å²) in [4.78, 5) is 35.3. The number of carbonyl (C=O) groups excluding carboxylic acids is 1. The third kappa shape index (κ3) is 5.22. The first-order valence-electron chi connectivity index (χ1n) is 7.86. The molecule has 0 bridgehead atoms. The van der Waals surface area contributed by atoms with Crippen LogP contribution in [0.5, 0.6) is 0 Å². The fourth-order valence-corrected chi connectivity index (χ4v) is 2.42. The van der Waals surface area contributed by atoms with Crippen LogP contribution in [0.15, 0.2) is 23.4 Å². The molecule has 2 aromatic rings. The quantitative estimate of drug-likeness (QED) is 0.495. The Morgan fingerprint density at radius 3 is 2.96 bits per heavy atom. The van der Waals surface area contributed by atoms with Crippen LogP contribution in [0.1, 0.15) is 25.0 Å². The Balaban J connectivity index is 1.76. The van der Waals surface area contributed by atoms with E-state index in [1.165, 1.54) is 6.33 Å². The smallest absolute Gasteiger partial charge is 0.258 e. The Labute approximate surface area is 135 Å². The third-order valence-electron chi connectivity index (χ3n) is 3.68. The van der Waals surface area contributed by atoms with Gasteiger partial charge in [-0.25, -0.2) is 4.98 Å². The number of aromatic amines is 1. The number of nitrogens with zero attached hydrogens (tertiary/aromatic N) is 3. The maximum atomic E-state index is 11.7. The fraction of sp³-hybridized carbons (Fsp3) is 0.500. The second-order valence-corrected chi connectivity index (χ2v) is 5.53. The lowest BCUT2D eigenvalue weighted by atomic mass is 10.2. The van der Waals surface area contributed by atoms with Crippen LogP contribution >= 0.6 is 0 Å². The number of aldehydes is 1. The highest BCUT2D eigenvalue weighted by molar-refractivity contribution is 5.78. The van der Waals surface area contributed by atoms with Gasteiger partial charge in [-0.1, -0.05) is 0 Å². The molecule has 7 heteroatoms. The summed E-state index contributed by atoms with van der Waals surface area (Å²) >= 11 is 0. The molecule has 0 amide bonds. The van der Waals surface area contributed by atoms with Crippen LogP contribution in [-0.4, -0.2) is 52.8 Å². The Bertz CT molecular complexity index is 685. The summed E-state index contributed by atoms with van der Waals surface area (Å²) in [5.41, 5.74) is 1.29. The minimum atomic E-state index is -0.143. The van der Waals surface area contributed by atoms with Gasteiger partial charge < -0.3 is 20.0 Å². The maximum Gasteiger partial charge on any atom is 0.258 e. The monoisotopic (exact) mass is 317 g/mol. The van der Waals surface area contributed by atoms with Gasteiger partial charge in [0.25, 0.3) is 5.56 Å². The number of nitrogens with one attached hydrogen (secondary N) is 2. The number of hydrogen-bond donors (Lipinski definition) is 2. The summed E-state index contributed by atoms with van der Waals surface area (Å²) in [6, 6.07) is 1.68. The molecule has 2 N–H and O–H groups in total. The molecule has 124 valence electrons. The molecule has 0 aromatic carbocycles. The number of aromatic nitrogens is 3. The van der Waals surface area contributed by atoms with Crippen LogP contribution in [-0.2, 0) is 11.3 Å². The van der Waals surface area contributed by atoms with Gasteiger partial charge in [-0.15, -0.1) is 0 Å². The van der Waals surface area contributed by atoms with E-state index in [0.29, 0.717) is 23.9 Å². The molecular formula is C16H23N5O2. The van der Waals surface area contributed by atoms with Gasteiger partial charge in [0.2, 0.25) is 0 Å². The summed E-state index contributed by atoms with van der Waals surface area (Å²) < 4.78 is 0. The second-order valence-electron chi connectivity index (χ2n) is 5.53. The first-order chi connectivity index (χ1) is 11.2. The highest BCUT2D eigenvalue weighted by Gasteiger charge is 2.06. The van der Waals surface area contributed by atoms with E-state index in [4.69, 9.17) is 0 Å². The Kier molecular flexibility index (Phi) is 6.83. The lowest BCUT2D eigenvalue weighted by Gasteiger charge is -2.15. The van der Waals surface area contributed by atoms with Gasteiger partial charge in [0, 0.05) is 19.2 Å². The zero-order valence-electron chi connectivity index (χ0n) is 13.4. The van der Waals surface area contributed by atoms with Crippen molar-refractivity contribution in [1.82, 2.24) is 25.2 Å². The van der Waals surface area contributed by atoms with Gasteiger partial charge in [0.15, 0.2) is 0 Å². The Morgan fingerprint density at radius 2 is 2.13 bits per heavy atom. The third-order valence-corrected chi connectivity index (χ3v) is 3.68. The molecule has 0 aliphatic heterocycles. The number of fused-ring (bicyclic) bond motifs is 1. The number of rotatable bonds is 10. The highest BCUT2D eigenvalue weighted by Crippen LogP contribution is 2.08. The summed E-state index contributed by atoms with van der Waals surface area (Å²) in [6.07, 6.45) is 6.55. The molecule has 7 nitrogen and oxygen atoms in total. The van der Waals surface area contributed by atoms with E-state index in [1.54, 1.807) is 12.3 Å². The van der Waals surface area contributed by atoms with Crippen LogP contribution in [0.2, 0.25) is 0 Å². The molecule has 0 saturated carbocycles. The molecule has 0 unspecified atom stereocenters. The van der Waals surface area contributed by atoms with Crippen molar-refractivity contribution in [2.45, 2.75) is 25.8 Å². The lowest BCUT2D eigenvalue weighted by molar-refractivity contribution is -0.108. The van der Waals surface area contributed by atoms with Crippen molar-refractivity contribution in [3.63, 3.8) is 0 Å². The largest absolute Gasteiger partial charge is 0.313 e. The second kappa shape index (κ2) is 9.12. The number of carbonyl (C=O) groups is 1. The van der Waals surface area contributed by atoms with E-state index < -0.39 is 0 Å². The SMILES string of the molecule is CN(CCCC=O)CCCNCc1nccc2c(=O)[nH]cnc12. The van der Waals surface area contributed by atoms with Gasteiger partial charge in [-0.05, 0) is 45.6 Å². The van der Waals surface area contributed by atoms with Gasteiger partial charge >= 0.3 is 0 Å². The summed E-state index contributed by atoms with van der Waals surface area (Å²) in [6.45, 7) is 3.37. The van der Waals surface area contributed by atoms with Crippen LogP contribution in [0.4, 0.5) is 0 Å². The minimum absolute atomic E-state index is 0.143. The molecule has 2 heterocycles. The number of H-pyrrole nitrogens is 1. The van der Waals surface area contributed by atoms with E-state index in [1.807, 2.05) is 0 Å². The van der Waals surface area contributed by atoms with Crippen molar-refractivity contribution in [3.8, 4) is 0 Å². The van der Waals surface area contributed by atoms with Crippen LogP contribution in [0, 0.1) is 0 Å². The molecular weight excluding hydrogens is 294 g/mol. The molecule has 0 fully saturated rings. The van der Waals surface area contributed by atoms with Gasteiger partial charge in [-0.2, -0.15) is 0 Å². The van der Waals surface area contributed by atoms with Crippen molar-refractivity contribution >= 4 is 17.2 Å². The lowest BCUT2D eigenvalue weighted by Crippen LogP contribution is -2.25. The highest BCUT2D eigenvalue weighted by atomic mass is 16.1. The topological polar surface area (TPSA) is 91.0 Å². The molecule has 23 heavy (non-hydrogen) atoms. The predicted octanol–water partition coefficient (Wildman–Crippen LogP) is 0.709. The molecule has 0 aliphatic carbocycles. The molecule has 0 spiro atoms. The predicted molar refractivity (Wildman–Crippen MR) is 89.3 cm³/mol. The van der Waals surface area contributed by atoms with E-state index in [9.17, 15) is 9.59 Å². The summed E-state index contributed by atoms with van der Waals surface area (Å²) in [5.74, 6) is 0. The van der Waals surface area contributed by atoms with Crippen molar-refractivity contribution < 1.29 is 4.79 Å². The average molecular weight is 317 g/mol. The van der Waals surface area contributed by atoms with Crippen molar-refractivity contribution in [2.24, 2.45) is 0 Å². The normalized spacial score (nSPS) is 11.2. The van der Waals surface area contributed by atoms with Crippen molar-refractivity contribution in [1.29, 1.82) is 0 Å². The summed E-state index contributed by atoms with van der Waals surface area (Å²) in [5, 5.41) is 3.90. The van der Waals surface area contributed by atoms with Gasteiger partial charge in [0.1, 0.15) is 11.8 Å². The number of pyridine rings is 1. The van der Waals surface area contributed by atoms with Crippen LogP contribution in [0.25, 0.3) is 10.9 Å². The molecule has 0 aliphatic rings. The van der Waals surface area contributed by atoms with Gasteiger partial charge in [-0.3, -0.25) is 9.78 Å². The van der Waals surface area contributed by atoms with Crippen LogP contribution < -0.4 is 10.9 Å². The first-order valence-corrected chi connectivity index (χ1v) is 7.86. The zero-order chi connectivity index (χ0) is 16.5. The Hall–Kier alpha value is -2.12. The van der Waals surface area contributed by atoms with Crippen molar-refractivity contribution in [2.75, 3.05) is 26.7 Å². The molecule has 0 saturated heterocycles. The average Bonchev–Trinajstić information content (AvgIpc) is 2.55. The van der Waals surface area contributed by atoms with E-state index >= 15 is 0 Å².